The van der Waals surface area contributed by atoms with Crippen LogP contribution < -0.4 is 5.32 Å². The summed E-state index contributed by atoms with van der Waals surface area (Å²) in [6.07, 6.45) is 2.78. The van der Waals surface area contributed by atoms with Crippen molar-refractivity contribution >= 4 is 11.8 Å². The highest BCUT2D eigenvalue weighted by molar-refractivity contribution is 5.68. The number of nitrogens with zero attached hydrogens (tertiary/aromatic N) is 1. The summed E-state index contributed by atoms with van der Waals surface area (Å²) in [5, 5.41) is 3.44. The number of ether oxygens (including phenoxy) is 1. The van der Waals surface area contributed by atoms with Gasteiger partial charge in [0.1, 0.15) is 0 Å². The average Bonchev–Trinajstić information content (AvgIpc) is 2.89. The fraction of sp³-hybridized carbons (Fsp3) is 0.533. The smallest absolute Gasteiger partial charge is 0.409 e. The molecular weight excluding hydrogens is 240 g/mol. The number of hydrogen-bond donors (Lipinski definition) is 1. The molecule has 1 amide bonds. The van der Waals surface area contributed by atoms with Crippen molar-refractivity contribution in [2.24, 2.45) is 0 Å². The van der Waals surface area contributed by atoms with Crippen LogP contribution in [0.15, 0.2) is 30.3 Å². The molecule has 104 valence electrons. The Morgan fingerprint density at radius 1 is 1.42 bits per heavy atom. The first-order valence-corrected chi connectivity index (χ1v) is 7.03. The molecule has 1 N–H and O–H groups in total. The molecule has 1 aromatic carbocycles. The number of carbonyl (C=O) groups is 1. The van der Waals surface area contributed by atoms with Crippen LogP contribution in [0.2, 0.25) is 0 Å². The van der Waals surface area contributed by atoms with Crippen LogP contribution >= 0.6 is 0 Å². The lowest BCUT2D eigenvalue weighted by Gasteiger charge is -2.17. The third kappa shape index (κ3) is 4.16. The maximum atomic E-state index is 11.8. The molecule has 4 nitrogen and oxygen atoms in total. The lowest BCUT2D eigenvalue weighted by Crippen LogP contribution is -2.32. The third-order valence-corrected chi connectivity index (χ3v) is 3.31. The van der Waals surface area contributed by atoms with E-state index < -0.39 is 0 Å². The number of benzene rings is 1. The van der Waals surface area contributed by atoms with Crippen LogP contribution in [-0.2, 0) is 4.74 Å². The minimum atomic E-state index is -0.175. The Hall–Kier alpha value is -1.71. The van der Waals surface area contributed by atoms with Crippen LogP contribution in [0, 0.1) is 0 Å². The summed E-state index contributed by atoms with van der Waals surface area (Å²) in [6, 6.07) is 10.4. The SMILES string of the molecule is CCCCOC(=O)N1CCC(Nc2ccccc2)C1. The van der Waals surface area contributed by atoms with Crippen LogP contribution in [0.4, 0.5) is 10.5 Å². The van der Waals surface area contributed by atoms with E-state index in [0.29, 0.717) is 12.6 Å². The lowest BCUT2D eigenvalue weighted by atomic mass is 10.2. The molecule has 0 aromatic heterocycles. The largest absolute Gasteiger partial charge is 0.449 e. The van der Waals surface area contributed by atoms with Gasteiger partial charge in [0.15, 0.2) is 0 Å². The van der Waals surface area contributed by atoms with Crippen molar-refractivity contribution in [3.8, 4) is 0 Å². The van der Waals surface area contributed by atoms with E-state index in [4.69, 9.17) is 4.74 Å². The number of para-hydroxylation sites is 1. The lowest BCUT2D eigenvalue weighted by molar-refractivity contribution is 0.109. The predicted octanol–water partition coefficient (Wildman–Crippen LogP) is 3.11. The Bertz CT molecular complexity index is 394. The Morgan fingerprint density at radius 2 is 2.21 bits per heavy atom. The minimum Gasteiger partial charge on any atom is -0.449 e. The fourth-order valence-corrected chi connectivity index (χ4v) is 2.21. The van der Waals surface area contributed by atoms with Gasteiger partial charge in [-0.05, 0) is 25.0 Å². The molecule has 2 rings (SSSR count). The van der Waals surface area contributed by atoms with Gasteiger partial charge in [-0.15, -0.1) is 0 Å². The normalized spacial score (nSPS) is 18.4. The molecule has 0 spiro atoms. The van der Waals surface area contributed by atoms with Crippen LogP contribution in [-0.4, -0.2) is 36.7 Å². The van der Waals surface area contributed by atoms with Gasteiger partial charge in [-0.25, -0.2) is 4.79 Å². The van der Waals surface area contributed by atoms with Gasteiger partial charge < -0.3 is 15.0 Å². The third-order valence-electron chi connectivity index (χ3n) is 3.31. The molecule has 4 heteroatoms. The molecule has 0 saturated carbocycles. The molecule has 19 heavy (non-hydrogen) atoms. The molecule has 1 unspecified atom stereocenters. The number of anilines is 1. The molecule has 0 bridgehead atoms. The highest BCUT2D eigenvalue weighted by atomic mass is 16.6. The molecule has 0 radical (unpaired) electrons. The summed E-state index contributed by atoms with van der Waals surface area (Å²) < 4.78 is 5.22. The zero-order chi connectivity index (χ0) is 13.5. The van der Waals surface area contributed by atoms with Gasteiger partial charge in [-0.1, -0.05) is 31.5 Å². The number of carbonyl (C=O) groups excluding carboxylic acids is 1. The molecule has 1 aliphatic rings. The van der Waals surface area contributed by atoms with Crippen molar-refractivity contribution in [2.75, 3.05) is 25.0 Å². The van der Waals surface area contributed by atoms with Gasteiger partial charge in [-0.2, -0.15) is 0 Å². The Balaban J connectivity index is 1.75. The van der Waals surface area contributed by atoms with Crippen LogP contribution in [0.25, 0.3) is 0 Å². The molecule has 1 saturated heterocycles. The van der Waals surface area contributed by atoms with Crippen LogP contribution in [0.5, 0.6) is 0 Å². The Labute approximate surface area is 114 Å². The van der Waals surface area contributed by atoms with Crippen molar-refractivity contribution in [3.05, 3.63) is 30.3 Å². The van der Waals surface area contributed by atoms with Crippen molar-refractivity contribution in [1.29, 1.82) is 0 Å². The minimum absolute atomic E-state index is 0.175. The van der Waals surface area contributed by atoms with Crippen LogP contribution in [0.1, 0.15) is 26.2 Å². The molecular formula is C15H22N2O2. The number of rotatable bonds is 5. The summed E-state index contributed by atoms with van der Waals surface area (Å²) in [5.41, 5.74) is 1.11. The van der Waals surface area contributed by atoms with Gasteiger partial charge in [0.2, 0.25) is 0 Å². The molecule has 1 atom stereocenters. The maximum Gasteiger partial charge on any atom is 0.409 e. The Morgan fingerprint density at radius 3 is 2.95 bits per heavy atom. The van der Waals surface area contributed by atoms with Crippen molar-refractivity contribution in [3.63, 3.8) is 0 Å². The zero-order valence-electron chi connectivity index (χ0n) is 11.5. The highest BCUT2D eigenvalue weighted by Gasteiger charge is 2.26. The second-order valence-corrected chi connectivity index (χ2v) is 4.91. The van der Waals surface area contributed by atoms with E-state index >= 15 is 0 Å². The van der Waals surface area contributed by atoms with E-state index in [1.54, 1.807) is 4.90 Å². The second kappa shape index (κ2) is 7.02. The first-order chi connectivity index (χ1) is 9.29. The van der Waals surface area contributed by atoms with E-state index in [2.05, 4.69) is 12.2 Å². The summed E-state index contributed by atoms with van der Waals surface area (Å²) in [4.78, 5) is 13.6. The quantitative estimate of drug-likeness (QED) is 0.829. The fourth-order valence-electron chi connectivity index (χ4n) is 2.21. The second-order valence-electron chi connectivity index (χ2n) is 4.91. The number of amides is 1. The first-order valence-electron chi connectivity index (χ1n) is 7.03. The average molecular weight is 262 g/mol. The monoisotopic (exact) mass is 262 g/mol. The van der Waals surface area contributed by atoms with E-state index in [9.17, 15) is 4.79 Å². The van der Waals surface area contributed by atoms with E-state index in [1.165, 1.54) is 0 Å². The maximum absolute atomic E-state index is 11.8. The van der Waals surface area contributed by atoms with Crippen molar-refractivity contribution in [2.45, 2.75) is 32.2 Å². The highest BCUT2D eigenvalue weighted by Crippen LogP contribution is 2.16. The van der Waals surface area contributed by atoms with Gasteiger partial charge in [-0.3, -0.25) is 0 Å². The van der Waals surface area contributed by atoms with E-state index in [1.807, 2.05) is 30.3 Å². The van der Waals surface area contributed by atoms with Crippen molar-refractivity contribution < 1.29 is 9.53 Å². The van der Waals surface area contributed by atoms with E-state index in [0.717, 1.165) is 38.0 Å². The number of unbranched alkanes of at least 4 members (excludes halogenated alkanes) is 1. The molecule has 0 aliphatic carbocycles. The van der Waals surface area contributed by atoms with E-state index in [-0.39, 0.29) is 6.09 Å². The predicted molar refractivity (Wildman–Crippen MR) is 76.3 cm³/mol. The number of likely N-dealkylation sites (tertiary alicyclic amines) is 1. The molecule has 1 aliphatic heterocycles. The standard InChI is InChI=1S/C15H22N2O2/c1-2-3-11-19-15(18)17-10-9-14(12-17)16-13-7-5-4-6-8-13/h4-8,14,16H,2-3,9-12H2,1H3. The number of nitrogens with one attached hydrogen (secondary N) is 1. The van der Waals surface area contributed by atoms with Gasteiger partial charge in [0.25, 0.3) is 0 Å². The summed E-state index contributed by atoms with van der Waals surface area (Å²) in [6.45, 7) is 4.11. The van der Waals surface area contributed by atoms with Crippen molar-refractivity contribution in [1.82, 2.24) is 4.90 Å². The summed E-state index contributed by atoms with van der Waals surface area (Å²) in [7, 11) is 0. The molecule has 1 fully saturated rings. The van der Waals surface area contributed by atoms with Gasteiger partial charge >= 0.3 is 6.09 Å². The number of hydrogen-bond acceptors (Lipinski definition) is 3. The molecule has 1 heterocycles. The topological polar surface area (TPSA) is 41.6 Å². The summed E-state index contributed by atoms with van der Waals surface area (Å²) in [5.74, 6) is 0. The van der Waals surface area contributed by atoms with Gasteiger partial charge in [0, 0.05) is 24.8 Å². The first kappa shape index (κ1) is 13.7. The van der Waals surface area contributed by atoms with Gasteiger partial charge in [0.05, 0.1) is 6.61 Å². The Kier molecular flexibility index (Phi) is 5.07. The zero-order valence-corrected chi connectivity index (χ0v) is 11.5. The molecule has 1 aromatic rings. The summed E-state index contributed by atoms with van der Waals surface area (Å²) >= 11 is 0. The van der Waals surface area contributed by atoms with Crippen LogP contribution in [0.3, 0.4) is 0 Å².